The Kier molecular flexibility index (Phi) is 5.52. The summed E-state index contributed by atoms with van der Waals surface area (Å²) in [5.74, 6) is -0.230. The van der Waals surface area contributed by atoms with E-state index < -0.39 is 5.91 Å². The Balaban J connectivity index is 1.96. The molecule has 0 fully saturated rings. The molecule has 1 aliphatic rings. The van der Waals surface area contributed by atoms with Gasteiger partial charge in [-0.15, -0.1) is 0 Å². The van der Waals surface area contributed by atoms with Crippen molar-refractivity contribution in [3.8, 4) is 5.75 Å². The van der Waals surface area contributed by atoms with Gasteiger partial charge in [0.1, 0.15) is 5.75 Å². The molecule has 0 saturated heterocycles. The third-order valence-corrected chi connectivity index (χ3v) is 4.63. The zero-order valence-electron chi connectivity index (χ0n) is 18.1. The summed E-state index contributed by atoms with van der Waals surface area (Å²) in [5, 5.41) is 28.0. The molecule has 0 atom stereocenters. The van der Waals surface area contributed by atoms with Gasteiger partial charge in [-0.25, -0.2) is 0 Å². The molecule has 0 saturated carbocycles. The number of phenolic OH excluding ortho intramolecular Hbond substituents is 1. The van der Waals surface area contributed by atoms with E-state index in [1.54, 1.807) is 18.2 Å². The quantitative estimate of drug-likeness (QED) is 0.604. The number of hydrogen-bond donors (Lipinski definition) is 2. The number of guanidine groups is 1. The molecule has 2 aromatic carbocycles. The van der Waals surface area contributed by atoms with E-state index in [0.29, 0.717) is 11.3 Å². The number of hydrogen-bond acceptors (Lipinski definition) is 5. The molecular weight excluding hydrogens is 380 g/mol. The first kappa shape index (κ1) is 21.3. The Morgan fingerprint density at radius 3 is 2.00 bits per heavy atom. The molecule has 8 nitrogen and oxygen atoms in total. The molecule has 0 aliphatic carbocycles. The van der Waals surface area contributed by atoms with E-state index in [1.165, 1.54) is 0 Å². The number of aromatic hydroxyl groups is 1. The minimum absolute atomic E-state index is 0.0680. The van der Waals surface area contributed by atoms with E-state index in [4.69, 9.17) is 0 Å². The molecule has 1 amide bonds. The summed E-state index contributed by atoms with van der Waals surface area (Å²) in [6, 6.07) is 10.9. The van der Waals surface area contributed by atoms with Crippen molar-refractivity contribution in [1.29, 1.82) is 0 Å². The summed E-state index contributed by atoms with van der Waals surface area (Å²) in [6.45, 7) is 12.4. The predicted octanol–water partition coefficient (Wildman–Crippen LogP) is 6.06. The Morgan fingerprint density at radius 2 is 1.47 bits per heavy atom. The largest absolute Gasteiger partial charge is 0.507 e. The molecule has 0 radical (unpaired) electrons. The van der Waals surface area contributed by atoms with E-state index in [-0.39, 0.29) is 16.8 Å². The number of nitrogens with zero attached hydrogens (tertiary/aromatic N) is 5. The summed E-state index contributed by atoms with van der Waals surface area (Å²) in [6.07, 6.45) is 0. The lowest BCUT2D eigenvalue weighted by Gasteiger charge is -2.28. The predicted molar refractivity (Wildman–Crippen MR) is 117 cm³/mol. The summed E-state index contributed by atoms with van der Waals surface area (Å²) in [7, 11) is 0. The van der Waals surface area contributed by atoms with Crippen molar-refractivity contribution >= 4 is 23.2 Å². The summed E-state index contributed by atoms with van der Waals surface area (Å²) < 4.78 is 0. The molecule has 1 aliphatic heterocycles. The number of nitrogens with one attached hydrogen (secondary N) is 1. The molecule has 8 heteroatoms. The van der Waals surface area contributed by atoms with Crippen molar-refractivity contribution in [2.45, 2.75) is 52.4 Å². The summed E-state index contributed by atoms with van der Waals surface area (Å²) in [5.41, 5.74) is 3.18. The number of carbonyl (C=O) groups is 1. The van der Waals surface area contributed by atoms with Crippen LogP contribution in [0.2, 0.25) is 0 Å². The third kappa shape index (κ3) is 4.76. The lowest BCUT2D eigenvalue weighted by Crippen LogP contribution is -2.17. The number of aliphatic imine (C=N–C) groups is 1. The Labute approximate surface area is 175 Å². The van der Waals surface area contributed by atoms with Crippen LogP contribution in [0, 0.1) is 0 Å². The van der Waals surface area contributed by atoms with Gasteiger partial charge >= 0.3 is 0 Å². The second-order valence-corrected chi connectivity index (χ2v) is 9.22. The average Bonchev–Trinajstić information content (AvgIpc) is 3.14. The van der Waals surface area contributed by atoms with Crippen LogP contribution in [-0.2, 0) is 10.8 Å². The van der Waals surface area contributed by atoms with Gasteiger partial charge in [-0.05, 0) is 51.6 Å². The number of anilines is 2. The number of carbonyl (C=O) groups excluding carboxylic acids is 1. The molecule has 0 bridgehead atoms. The molecule has 2 N–H and O–H groups in total. The van der Waals surface area contributed by atoms with Gasteiger partial charge in [-0.2, -0.15) is 4.99 Å². The highest BCUT2D eigenvalue weighted by molar-refractivity contribution is 6.03. The van der Waals surface area contributed by atoms with Crippen molar-refractivity contribution in [3.05, 3.63) is 53.1 Å². The van der Waals surface area contributed by atoms with Crippen LogP contribution in [0.5, 0.6) is 5.75 Å². The van der Waals surface area contributed by atoms with Crippen LogP contribution in [0.4, 0.5) is 11.4 Å². The second kappa shape index (κ2) is 7.78. The van der Waals surface area contributed by atoms with E-state index in [1.807, 2.05) is 18.2 Å². The van der Waals surface area contributed by atoms with Crippen LogP contribution in [-0.4, -0.2) is 17.0 Å². The van der Waals surface area contributed by atoms with Crippen LogP contribution in [0.15, 0.2) is 62.1 Å². The smallest absolute Gasteiger partial charge is 0.294 e. The van der Waals surface area contributed by atoms with Gasteiger partial charge in [-0.3, -0.25) is 4.79 Å². The van der Waals surface area contributed by atoms with Gasteiger partial charge in [0, 0.05) is 28.1 Å². The zero-order chi connectivity index (χ0) is 22.1. The molecule has 0 unspecified atom stereocenters. The Hall–Kier alpha value is -3.42. The first-order chi connectivity index (χ1) is 13.9. The number of phenols is 1. The summed E-state index contributed by atoms with van der Waals surface area (Å²) >= 11 is 0. The van der Waals surface area contributed by atoms with Crippen molar-refractivity contribution in [3.63, 3.8) is 0 Å². The van der Waals surface area contributed by atoms with Gasteiger partial charge in [0.15, 0.2) is 0 Å². The fourth-order valence-corrected chi connectivity index (χ4v) is 3.09. The fourth-order valence-electron chi connectivity index (χ4n) is 3.09. The van der Waals surface area contributed by atoms with Gasteiger partial charge in [0.2, 0.25) is 0 Å². The minimum atomic E-state index is -0.482. The first-order valence-corrected chi connectivity index (χ1v) is 9.65. The highest BCUT2D eigenvalue weighted by Gasteiger charge is 2.26. The normalized spacial score (nSPS) is 13.6. The van der Waals surface area contributed by atoms with Crippen molar-refractivity contribution < 1.29 is 9.90 Å². The van der Waals surface area contributed by atoms with Gasteiger partial charge in [0.25, 0.3) is 11.9 Å². The highest BCUT2D eigenvalue weighted by Crippen LogP contribution is 2.41. The van der Waals surface area contributed by atoms with E-state index in [2.05, 4.69) is 72.5 Å². The topological polar surface area (TPSA) is 111 Å². The first-order valence-electron chi connectivity index (χ1n) is 9.65. The molecule has 3 rings (SSSR count). The molecule has 1 heterocycles. The standard InChI is InChI=1S/C22H26N6O2/c1-21(2,3)16-11-15(12-17(18(16)29)22(4,5)6)23-14-9-7-8-13(10-14)19(30)24-20-25-27-28-26-20/h7-12,23,29H,1-6H3. The molecule has 156 valence electrons. The van der Waals surface area contributed by atoms with E-state index in [0.717, 1.165) is 22.5 Å². The maximum atomic E-state index is 12.4. The van der Waals surface area contributed by atoms with E-state index >= 15 is 0 Å². The van der Waals surface area contributed by atoms with Crippen LogP contribution >= 0.6 is 0 Å². The van der Waals surface area contributed by atoms with Crippen molar-refractivity contribution in [2.75, 3.05) is 5.32 Å². The maximum Gasteiger partial charge on any atom is 0.294 e. The molecule has 0 spiro atoms. The SMILES string of the molecule is CC(C)(C)c1cc(Nc2cccc(C(=O)N=C3N=NN=N3)c2)cc(C(C)(C)C)c1O. The molecule has 0 aromatic heterocycles. The lowest BCUT2D eigenvalue weighted by atomic mass is 9.79. The number of amides is 1. The number of rotatable bonds is 3. The minimum Gasteiger partial charge on any atom is -0.507 e. The third-order valence-electron chi connectivity index (χ3n) is 4.63. The number of benzene rings is 2. The van der Waals surface area contributed by atoms with E-state index in [9.17, 15) is 9.90 Å². The van der Waals surface area contributed by atoms with Crippen molar-refractivity contribution in [1.82, 2.24) is 0 Å². The zero-order valence-corrected chi connectivity index (χ0v) is 18.1. The van der Waals surface area contributed by atoms with Crippen LogP contribution in [0.1, 0.15) is 63.0 Å². The van der Waals surface area contributed by atoms with Gasteiger partial charge < -0.3 is 10.4 Å². The monoisotopic (exact) mass is 406 g/mol. The molecular formula is C22H26N6O2. The fraction of sp³-hybridized carbons (Fsp3) is 0.364. The Bertz CT molecular complexity index is 1020. The van der Waals surface area contributed by atoms with Crippen molar-refractivity contribution in [2.24, 2.45) is 25.7 Å². The highest BCUT2D eigenvalue weighted by atomic mass is 16.3. The van der Waals surface area contributed by atoms with Gasteiger partial charge in [0.05, 0.1) is 0 Å². The van der Waals surface area contributed by atoms with Gasteiger partial charge in [-0.1, -0.05) is 57.8 Å². The van der Waals surface area contributed by atoms with Crippen LogP contribution < -0.4 is 5.32 Å². The maximum absolute atomic E-state index is 12.4. The average molecular weight is 406 g/mol. The molecule has 30 heavy (non-hydrogen) atoms. The Morgan fingerprint density at radius 1 is 0.900 bits per heavy atom. The summed E-state index contributed by atoms with van der Waals surface area (Å²) in [4.78, 5) is 16.2. The van der Waals surface area contributed by atoms with Crippen LogP contribution in [0.25, 0.3) is 0 Å². The van der Waals surface area contributed by atoms with Crippen LogP contribution in [0.3, 0.4) is 0 Å². The molecule has 2 aromatic rings. The second-order valence-electron chi connectivity index (χ2n) is 9.22. The lowest BCUT2D eigenvalue weighted by molar-refractivity contribution is 0.100.